The van der Waals surface area contributed by atoms with Crippen LogP contribution in [0.3, 0.4) is 0 Å². The summed E-state index contributed by atoms with van der Waals surface area (Å²) in [7, 11) is 1.63. The van der Waals surface area contributed by atoms with Gasteiger partial charge in [-0.1, -0.05) is 30.3 Å². The number of benzene rings is 2. The predicted octanol–water partition coefficient (Wildman–Crippen LogP) is 4.97. The molecule has 36 heavy (non-hydrogen) atoms. The monoisotopic (exact) mass is 515 g/mol. The number of nitrogens with one attached hydrogen (secondary N) is 1. The van der Waals surface area contributed by atoms with Crippen molar-refractivity contribution in [3.8, 4) is 0 Å². The van der Waals surface area contributed by atoms with Gasteiger partial charge >= 0.3 is 12.4 Å². The summed E-state index contributed by atoms with van der Waals surface area (Å²) in [6.45, 7) is 1.83. The Hall–Kier alpha value is -3.08. The Morgan fingerprint density at radius 1 is 1.00 bits per heavy atom. The summed E-state index contributed by atoms with van der Waals surface area (Å²) < 4.78 is 80.0. The first-order chi connectivity index (χ1) is 16.8. The van der Waals surface area contributed by atoms with E-state index in [2.05, 4.69) is 5.32 Å². The fourth-order valence-corrected chi connectivity index (χ4v) is 4.21. The molecule has 11 heteroatoms. The van der Waals surface area contributed by atoms with E-state index in [1.165, 1.54) is 16.7 Å². The van der Waals surface area contributed by atoms with Crippen LogP contribution in [0.15, 0.2) is 48.5 Å². The van der Waals surface area contributed by atoms with Crippen LogP contribution in [0.4, 0.5) is 26.3 Å². The van der Waals surface area contributed by atoms with Crippen molar-refractivity contribution in [3.63, 3.8) is 0 Å². The molecule has 0 spiro atoms. The molecule has 2 atom stereocenters. The van der Waals surface area contributed by atoms with Crippen LogP contribution in [-0.2, 0) is 23.6 Å². The fraction of sp³-hybridized carbons (Fsp3) is 0.440. The standard InChI is InChI=1S/C25H27F6N3O2/c1-16(35)33(2)15-32-21-8-9-34(22(14-21)10-17-6-4-3-5-7-17)23(36)18-11-19(24(26,27)28)13-20(12-18)25(29,30)31/h3-7,11-13,21-22,32H,8-10,14-15H2,1-2H3. The second kappa shape index (κ2) is 10.9. The summed E-state index contributed by atoms with van der Waals surface area (Å²) in [5.74, 6) is -1.02. The van der Waals surface area contributed by atoms with E-state index >= 15 is 0 Å². The molecule has 2 unspecified atom stereocenters. The van der Waals surface area contributed by atoms with Crippen molar-refractivity contribution in [3.05, 3.63) is 70.8 Å². The zero-order valence-corrected chi connectivity index (χ0v) is 19.8. The summed E-state index contributed by atoms with van der Waals surface area (Å²) in [5, 5.41) is 3.25. The summed E-state index contributed by atoms with van der Waals surface area (Å²) in [6.07, 6.45) is -8.87. The van der Waals surface area contributed by atoms with Crippen LogP contribution < -0.4 is 5.32 Å². The lowest BCUT2D eigenvalue weighted by Gasteiger charge is -2.40. The van der Waals surface area contributed by atoms with Gasteiger partial charge in [0.05, 0.1) is 17.8 Å². The highest BCUT2D eigenvalue weighted by molar-refractivity contribution is 5.95. The number of hydrogen-bond donors (Lipinski definition) is 1. The van der Waals surface area contributed by atoms with E-state index < -0.39 is 41.0 Å². The third-order valence-electron chi connectivity index (χ3n) is 6.28. The first-order valence-electron chi connectivity index (χ1n) is 11.3. The Kier molecular flexibility index (Phi) is 8.33. The third kappa shape index (κ3) is 6.99. The molecular weight excluding hydrogens is 488 g/mol. The van der Waals surface area contributed by atoms with Gasteiger partial charge in [-0.25, -0.2) is 0 Å². The number of hydrogen-bond acceptors (Lipinski definition) is 3. The van der Waals surface area contributed by atoms with Gasteiger partial charge in [0.25, 0.3) is 5.91 Å². The highest BCUT2D eigenvalue weighted by Gasteiger charge is 2.39. The minimum atomic E-state index is -5.04. The van der Waals surface area contributed by atoms with Gasteiger partial charge in [-0.3, -0.25) is 14.9 Å². The molecule has 1 saturated heterocycles. The Morgan fingerprint density at radius 3 is 2.11 bits per heavy atom. The highest BCUT2D eigenvalue weighted by Crippen LogP contribution is 2.37. The second-order valence-electron chi connectivity index (χ2n) is 8.94. The van der Waals surface area contributed by atoms with Crippen LogP contribution in [0.25, 0.3) is 0 Å². The molecule has 0 saturated carbocycles. The SMILES string of the molecule is CC(=O)N(C)CNC1CCN(C(=O)c2cc(C(F)(F)F)cc(C(F)(F)F)c2)C(Cc2ccccc2)C1. The zero-order chi connectivity index (χ0) is 26.7. The molecule has 1 N–H and O–H groups in total. The minimum Gasteiger partial charge on any atom is -0.335 e. The molecule has 3 rings (SSSR count). The Balaban J connectivity index is 1.90. The van der Waals surface area contributed by atoms with E-state index in [1.807, 2.05) is 30.3 Å². The zero-order valence-electron chi connectivity index (χ0n) is 19.8. The van der Waals surface area contributed by atoms with E-state index in [0.717, 1.165) is 5.56 Å². The second-order valence-corrected chi connectivity index (χ2v) is 8.94. The summed E-state index contributed by atoms with van der Waals surface area (Å²) in [5.41, 5.74) is -2.83. The van der Waals surface area contributed by atoms with Gasteiger partial charge in [-0.2, -0.15) is 26.3 Å². The molecule has 1 heterocycles. The van der Waals surface area contributed by atoms with Gasteiger partial charge in [0.1, 0.15) is 0 Å². The van der Waals surface area contributed by atoms with Crippen LogP contribution in [0.1, 0.15) is 46.8 Å². The number of carbonyl (C=O) groups excluding carboxylic acids is 2. The quantitative estimate of drug-likeness (QED) is 0.437. The number of amides is 2. The molecule has 5 nitrogen and oxygen atoms in total. The number of halogens is 6. The molecule has 0 aliphatic carbocycles. The maximum atomic E-state index is 13.3. The summed E-state index contributed by atoms with van der Waals surface area (Å²) in [4.78, 5) is 27.7. The topological polar surface area (TPSA) is 52.7 Å². The summed E-state index contributed by atoms with van der Waals surface area (Å²) in [6, 6.07) is 9.51. The van der Waals surface area contributed by atoms with E-state index in [4.69, 9.17) is 0 Å². The van der Waals surface area contributed by atoms with Crippen molar-refractivity contribution in [1.29, 1.82) is 0 Å². The predicted molar refractivity (Wildman–Crippen MR) is 121 cm³/mol. The van der Waals surface area contributed by atoms with Crippen molar-refractivity contribution >= 4 is 11.8 Å². The number of likely N-dealkylation sites (tertiary alicyclic amines) is 1. The average molecular weight is 515 g/mol. The molecule has 196 valence electrons. The molecular formula is C25H27F6N3O2. The highest BCUT2D eigenvalue weighted by atomic mass is 19.4. The minimum absolute atomic E-state index is 0.0138. The molecule has 0 bridgehead atoms. The van der Waals surface area contributed by atoms with Crippen molar-refractivity contribution < 1.29 is 35.9 Å². The smallest absolute Gasteiger partial charge is 0.335 e. The van der Waals surface area contributed by atoms with Crippen LogP contribution in [-0.4, -0.2) is 54.0 Å². The van der Waals surface area contributed by atoms with Gasteiger partial charge in [0.2, 0.25) is 5.91 Å². The fourth-order valence-electron chi connectivity index (χ4n) is 4.21. The van der Waals surface area contributed by atoms with Crippen LogP contribution in [0.2, 0.25) is 0 Å². The Morgan fingerprint density at radius 2 is 1.58 bits per heavy atom. The van der Waals surface area contributed by atoms with Gasteiger partial charge in [-0.15, -0.1) is 0 Å². The summed E-state index contributed by atoms with van der Waals surface area (Å²) >= 11 is 0. The van der Waals surface area contributed by atoms with Gasteiger partial charge in [0.15, 0.2) is 0 Å². The van der Waals surface area contributed by atoms with Gasteiger partial charge in [-0.05, 0) is 43.0 Å². The average Bonchev–Trinajstić information content (AvgIpc) is 2.81. The molecule has 1 aliphatic heterocycles. The normalized spacial score (nSPS) is 18.7. The Bertz CT molecular complexity index is 1040. The van der Waals surface area contributed by atoms with E-state index in [9.17, 15) is 35.9 Å². The molecule has 2 aromatic carbocycles. The van der Waals surface area contributed by atoms with Crippen LogP contribution in [0, 0.1) is 0 Å². The first kappa shape index (κ1) is 27.5. The maximum absolute atomic E-state index is 13.3. The van der Waals surface area contributed by atoms with Crippen molar-refractivity contribution in [2.75, 3.05) is 20.3 Å². The number of carbonyl (C=O) groups is 2. The molecule has 2 aromatic rings. The van der Waals surface area contributed by atoms with Gasteiger partial charge < -0.3 is 9.80 Å². The largest absolute Gasteiger partial charge is 0.416 e. The van der Waals surface area contributed by atoms with Crippen LogP contribution >= 0.6 is 0 Å². The van der Waals surface area contributed by atoms with Crippen LogP contribution in [0.5, 0.6) is 0 Å². The third-order valence-corrected chi connectivity index (χ3v) is 6.28. The van der Waals surface area contributed by atoms with Gasteiger partial charge in [0, 0.05) is 38.2 Å². The molecule has 0 radical (unpaired) electrons. The first-order valence-corrected chi connectivity index (χ1v) is 11.3. The van der Waals surface area contributed by atoms with Crippen molar-refractivity contribution in [2.45, 2.75) is 50.6 Å². The lowest BCUT2D eigenvalue weighted by Crippen LogP contribution is -2.53. The molecule has 1 aliphatic rings. The van der Waals surface area contributed by atoms with E-state index in [0.29, 0.717) is 31.4 Å². The number of rotatable bonds is 6. The molecule has 1 fully saturated rings. The molecule has 0 aromatic heterocycles. The van der Waals surface area contributed by atoms with Crippen molar-refractivity contribution in [2.24, 2.45) is 0 Å². The lowest BCUT2D eigenvalue weighted by atomic mass is 9.91. The number of alkyl halides is 6. The molecule has 2 amide bonds. The Labute approximate surface area is 205 Å². The number of piperidine rings is 1. The van der Waals surface area contributed by atoms with E-state index in [-0.39, 0.29) is 31.2 Å². The van der Waals surface area contributed by atoms with E-state index in [1.54, 1.807) is 7.05 Å². The number of nitrogens with zero attached hydrogens (tertiary/aromatic N) is 2. The maximum Gasteiger partial charge on any atom is 0.416 e. The van der Waals surface area contributed by atoms with Crippen molar-refractivity contribution in [1.82, 2.24) is 15.1 Å². The lowest BCUT2D eigenvalue weighted by molar-refractivity contribution is -0.143.